The number of hydrogen-bond acceptors (Lipinski definition) is 9. The lowest BCUT2D eigenvalue weighted by molar-refractivity contribution is 0.0687. The second kappa shape index (κ2) is 39.8. The topological polar surface area (TPSA) is 184 Å². The van der Waals surface area contributed by atoms with Crippen LogP contribution in [0.15, 0.2) is 224 Å². The Kier molecular flexibility index (Phi) is 28.3. The van der Waals surface area contributed by atoms with Crippen molar-refractivity contribution in [3.8, 4) is 5.75 Å². The maximum absolute atomic E-state index is 13.0. The molecule has 12 aromatic rings. The van der Waals surface area contributed by atoms with Crippen LogP contribution in [0.25, 0.3) is 43.6 Å². The molecule has 0 bridgehead atoms. The third kappa shape index (κ3) is 22.3. The van der Waals surface area contributed by atoms with E-state index in [9.17, 15) is 19.2 Å². The number of fused-ring (bicyclic) bond motifs is 4. The number of nitrogens with zero attached hydrogens (tertiary/aromatic N) is 6. The number of aromatic nitrogens is 4. The van der Waals surface area contributed by atoms with E-state index in [0.717, 1.165) is 224 Å². The quantitative estimate of drug-likeness (QED) is 0.0363. The van der Waals surface area contributed by atoms with Crippen LogP contribution in [0.1, 0.15) is 135 Å². The normalized spacial score (nSPS) is 15.7. The number of likely N-dealkylation sites (tertiary alicyclic amines) is 4. The Morgan fingerprint density at radius 3 is 1.15 bits per heavy atom. The molecule has 0 radical (unpaired) electrons. The van der Waals surface area contributed by atoms with Crippen LogP contribution in [0.4, 0.5) is 0 Å². The van der Waals surface area contributed by atoms with Crippen LogP contribution >= 0.6 is 11.6 Å². The maximum Gasteiger partial charge on any atom is 0.270 e. The Balaban J connectivity index is 0.000000131. The van der Waals surface area contributed by atoms with Crippen LogP contribution in [0.3, 0.4) is 0 Å². The molecular weight excluding hydrogens is 1410 g/mol. The molecule has 17 nitrogen and oxygen atoms in total. The summed E-state index contributed by atoms with van der Waals surface area (Å²) in [4.78, 5) is 77.9. The summed E-state index contributed by atoms with van der Waals surface area (Å²) in [5.74, 6) is 3.33. The molecule has 8 heterocycles. The molecule has 584 valence electrons. The van der Waals surface area contributed by atoms with E-state index in [1.807, 2.05) is 161 Å². The molecule has 0 atom stereocenters. The minimum absolute atomic E-state index is 0.0185. The molecule has 4 saturated heterocycles. The van der Waals surface area contributed by atoms with Gasteiger partial charge in [0.1, 0.15) is 28.5 Å². The monoisotopic (exact) mass is 1520 g/mol. The first-order valence-electron chi connectivity index (χ1n) is 40.6. The molecule has 16 rings (SSSR count). The molecule has 112 heavy (non-hydrogen) atoms. The second-order valence-electron chi connectivity index (χ2n) is 31.0. The molecule has 4 aromatic heterocycles. The summed E-state index contributed by atoms with van der Waals surface area (Å²) in [6.45, 7) is 23.5. The Hall–Kier alpha value is -10.3. The molecule has 0 aliphatic carbocycles. The van der Waals surface area contributed by atoms with Crippen molar-refractivity contribution in [3.63, 3.8) is 0 Å². The SMILES string of the molecule is CCN(CC1CCN(Cc2ccc(C)cc2)CC1)C(=O)c1cc2ccccc2[nH]1.CCN(CC1CCN(Cc2ccccc2)CC1)C(=O)c1cc2ccccc2[nH]1.COc1cccc(CN2CCC(CNC(=O)c3cc4ccccc4[nH]3)CC2)c1.O=C(NCC1CCN(Cc2ccccc2Cl)CC1)c1cc2ccccc2[nH]1. The smallest absolute Gasteiger partial charge is 0.270 e. The summed E-state index contributed by atoms with van der Waals surface area (Å²) in [6, 6.07) is 75.7. The molecule has 4 aliphatic heterocycles. The first-order chi connectivity index (χ1) is 54.7. The zero-order valence-electron chi connectivity index (χ0n) is 65.7. The molecular formula is C94H111ClN12O5. The van der Waals surface area contributed by atoms with Gasteiger partial charge in [-0.25, -0.2) is 0 Å². The Labute approximate surface area is 665 Å². The van der Waals surface area contributed by atoms with Crippen molar-refractivity contribution in [1.82, 2.24) is 60.0 Å². The number of methoxy groups -OCH3 is 1. The molecule has 6 N–H and O–H groups in total. The molecule has 18 heteroatoms. The van der Waals surface area contributed by atoms with E-state index in [1.165, 1.54) is 27.8 Å². The van der Waals surface area contributed by atoms with Crippen molar-refractivity contribution in [1.29, 1.82) is 0 Å². The highest BCUT2D eigenvalue weighted by Crippen LogP contribution is 2.28. The van der Waals surface area contributed by atoms with Gasteiger partial charge in [0.25, 0.3) is 23.6 Å². The minimum atomic E-state index is -0.0234. The Bertz CT molecular complexity index is 4850. The number of carbonyl (C=O) groups is 4. The first kappa shape index (κ1) is 79.8. The predicted molar refractivity (Wildman–Crippen MR) is 455 cm³/mol. The number of aromatic amines is 4. The number of aryl methyl sites for hydroxylation is 1. The number of rotatable bonds is 23. The average Bonchev–Trinajstić information content (AvgIpc) is 1.68. The van der Waals surface area contributed by atoms with Gasteiger partial charge >= 0.3 is 0 Å². The molecule has 4 aliphatic rings. The minimum Gasteiger partial charge on any atom is -0.497 e. The zero-order valence-corrected chi connectivity index (χ0v) is 66.4. The highest BCUT2D eigenvalue weighted by molar-refractivity contribution is 6.31. The van der Waals surface area contributed by atoms with Gasteiger partial charge in [0.15, 0.2) is 0 Å². The number of nitrogens with one attached hydrogen (secondary N) is 6. The standard InChI is InChI=1S/C25H31N3O.C24H29N3O.C23H27N3O2.C22H24ClN3O/c1-3-28(25(29)24-16-22-6-4-5-7-23(22)26-24)18-21-12-14-27(15-13-21)17-20-10-8-19(2)9-11-20;1-2-27(24(28)23-16-21-10-6-7-11-22(21)25-23)18-20-12-14-26(15-13-20)17-19-8-4-3-5-9-19;1-28-20-7-4-5-18(13-20)16-26-11-9-17(10-12-26)15-24-23(27)22-14-19-6-2-3-8-21(19)25-22;23-19-7-3-1-6-18(19)15-26-11-9-16(10-12-26)14-24-22(27)21-13-17-5-2-4-8-20(17)25-21/h4-11,16,21,26H,3,12-15,17-18H2,1-2H3;3-11,16,20,25H,2,12-15,17-18H2,1H3;2-8,13-14,17,25H,9-12,15-16H2,1H3,(H,24,27);1-8,13,16,25H,9-12,14-15H2,(H,24,27). The number of ether oxygens (including phenoxy) is 1. The molecule has 0 unspecified atom stereocenters. The van der Waals surface area contributed by atoms with Crippen LogP contribution in [-0.4, -0.2) is 172 Å². The van der Waals surface area contributed by atoms with Crippen molar-refractivity contribution in [2.24, 2.45) is 23.7 Å². The number of H-pyrrole nitrogens is 4. The average molecular weight is 1520 g/mol. The molecule has 4 amide bonds. The number of hydrogen-bond donors (Lipinski definition) is 6. The van der Waals surface area contributed by atoms with Crippen molar-refractivity contribution >= 4 is 78.8 Å². The van der Waals surface area contributed by atoms with Gasteiger partial charge in [-0.15, -0.1) is 0 Å². The fourth-order valence-electron chi connectivity index (χ4n) is 16.1. The van der Waals surface area contributed by atoms with Gasteiger partial charge in [0.2, 0.25) is 0 Å². The molecule has 0 spiro atoms. The Morgan fingerprint density at radius 2 is 0.741 bits per heavy atom. The van der Waals surface area contributed by atoms with Gasteiger partial charge in [-0.1, -0.05) is 175 Å². The molecule has 8 aromatic carbocycles. The lowest BCUT2D eigenvalue weighted by Gasteiger charge is -2.34. The van der Waals surface area contributed by atoms with E-state index in [1.54, 1.807) is 7.11 Å². The summed E-state index contributed by atoms with van der Waals surface area (Å²) in [5, 5.41) is 11.4. The van der Waals surface area contributed by atoms with E-state index in [4.69, 9.17) is 16.3 Å². The lowest BCUT2D eigenvalue weighted by atomic mass is 9.95. The van der Waals surface area contributed by atoms with E-state index >= 15 is 0 Å². The highest BCUT2D eigenvalue weighted by Gasteiger charge is 2.28. The van der Waals surface area contributed by atoms with E-state index < -0.39 is 0 Å². The number of para-hydroxylation sites is 4. The summed E-state index contributed by atoms with van der Waals surface area (Å²) < 4.78 is 5.31. The fourth-order valence-corrected chi connectivity index (χ4v) is 16.3. The third-order valence-electron chi connectivity index (χ3n) is 23.0. The van der Waals surface area contributed by atoms with Gasteiger partial charge in [0.05, 0.1) is 7.11 Å². The number of carbonyl (C=O) groups excluding carboxylic acids is 4. The number of halogens is 1. The van der Waals surface area contributed by atoms with E-state index in [-0.39, 0.29) is 23.6 Å². The van der Waals surface area contributed by atoms with Gasteiger partial charge in [-0.2, -0.15) is 0 Å². The van der Waals surface area contributed by atoms with Crippen LogP contribution in [0.5, 0.6) is 5.75 Å². The van der Waals surface area contributed by atoms with Crippen molar-refractivity contribution in [2.45, 2.75) is 98.3 Å². The van der Waals surface area contributed by atoms with Crippen molar-refractivity contribution in [2.75, 3.05) is 98.7 Å². The lowest BCUT2D eigenvalue weighted by Crippen LogP contribution is -2.40. The van der Waals surface area contributed by atoms with Crippen LogP contribution in [-0.2, 0) is 26.2 Å². The summed E-state index contributed by atoms with van der Waals surface area (Å²) in [6.07, 6.45) is 9.03. The number of amides is 4. The van der Waals surface area contributed by atoms with E-state index in [2.05, 4.69) is 144 Å². The predicted octanol–water partition coefficient (Wildman–Crippen LogP) is 17.7. The third-order valence-corrected chi connectivity index (χ3v) is 23.3. The largest absolute Gasteiger partial charge is 0.497 e. The van der Waals surface area contributed by atoms with Gasteiger partial charge in [-0.3, -0.25) is 38.8 Å². The number of piperidine rings is 4. The fraction of sp³-hybridized carbons (Fsp3) is 0.362. The Morgan fingerprint density at radius 1 is 0.393 bits per heavy atom. The molecule has 0 saturated carbocycles. The number of benzene rings is 8. The highest BCUT2D eigenvalue weighted by atomic mass is 35.5. The summed E-state index contributed by atoms with van der Waals surface area (Å²) >= 11 is 6.27. The van der Waals surface area contributed by atoms with E-state index in [0.29, 0.717) is 46.4 Å². The van der Waals surface area contributed by atoms with Gasteiger partial charge in [-0.05, 0) is 237 Å². The molecule has 4 fully saturated rings. The first-order valence-corrected chi connectivity index (χ1v) is 40.9. The zero-order chi connectivity index (χ0) is 77.6. The van der Waals surface area contributed by atoms with Crippen molar-refractivity contribution < 1.29 is 23.9 Å². The van der Waals surface area contributed by atoms with Crippen LogP contribution < -0.4 is 15.4 Å². The second-order valence-corrected chi connectivity index (χ2v) is 31.4. The van der Waals surface area contributed by atoms with Gasteiger partial charge < -0.3 is 45.1 Å². The maximum atomic E-state index is 13.0. The van der Waals surface area contributed by atoms with Crippen molar-refractivity contribution in [3.05, 3.63) is 280 Å². The van der Waals surface area contributed by atoms with Crippen LogP contribution in [0, 0.1) is 30.6 Å². The summed E-state index contributed by atoms with van der Waals surface area (Å²) in [7, 11) is 1.70. The summed E-state index contributed by atoms with van der Waals surface area (Å²) in [5.41, 5.74) is 13.3. The van der Waals surface area contributed by atoms with Gasteiger partial charge in [0, 0.05) is 114 Å². The van der Waals surface area contributed by atoms with Crippen LogP contribution in [0.2, 0.25) is 5.02 Å².